The normalized spacial score (nSPS) is 14.1. The predicted octanol–water partition coefficient (Wildman–Crippen LogP) is 1.72. The number of carbonyl (C=O) groups excluding carboxylic acids is 1. The highest BCUT2D eigenvalue weighted by molar-refractivity contribution is 6.12. The highest BCUT2D eigenvalue weighted by Crippen LogP contribution is 2.29. The van der Waals surface area contributed by atoms with Crippen molar-refractivity contribution in [2.75, 3.05) is 50.7 Å². The summed E-state index contributed by atoms with van der Waals surface area (Å²) >= 11 is 0. The molecule has 1 aromatic carbocycles. The minimum Gasteiger partial charge on any atom is -0.497 e. The molecule has 1 aliphatic heterocycles. The van der Waals surface area contributed by atoms with Crippen molar-refractivity contribution in [3.8, 4) is 11.5 Å². The van der Waals surface area contributed by atoms with Crippen LogP contribution < -0.4 is 19.7 Å². The van der Waals surface area contributed by atoms with E-state index in [-0.39, 0.29) is 11.4 Å². The summed E-state index contributed by atoms with van der Waals surface area (Å²) in [6, 6.07) is 5.08. The van der Waals surface area contributed by atoms with Gasteiger partial charge >= 0.3 is 0 Å². The molecular formula is C18H19N5O5. The van der Waals surface area contributed by atoms with Gasteiger partial charge in [0.05, 0.1) is 27.4 Å². The van der Waals surface area contributed by atoms with Crippen LogP contribution in [0.2, 0.25) is 0 Å². The number of aromatic nitrogens is 3. The molecule has 10 heteroatoms. The van der Waals surface area contributed by atoms with Crippen molar-refractivity contribution in [2.24, 2.45) is 0 Å². The van der Waals surface area contributed by atoms with Gasteiger partial charge in [0.2, 0.25) is 0 Å². The van der Waals surface area contributed by atoms with Gasteiger partial charge in [0.1, 0.15) is 29.0 Å². The molecule has 0 aliphatic carbocycles. The number of methoxy groups -OCH3 is 2. The monoisotopic (exact) mass is 385 g/mol. The molecule has 1 aliphatic rings. The lowest BCUT2D eigenvalue weighted by atomic mass is 10.2. The average molecular weight is 385 g/mol. The van der Waals surface area contributed by atoms with Crippen LogP contribution in [0.5, 0.6) is 11.5 Å². The van der Waals surface area contributed by atoms with E-state index in [1.165, 1.54) is 20.5 Å². The number of nitrogens with zero attached hydrogens (tertiary/aromatic N) is 4. The van der Waals surface area contributed by atoms with Gasteiger partial charge in [-0.2, -0.15) is 4.98 Å². The van der Waals surface area contributed by atoms with Crippen LogP contribution in [0.3, 0.4) is 0 Å². The third-order valence-corrected chi connectivity index (χ3v) is 4.39. The Morgan fingerprint density at radius 3 is 2.50 bits per heavy atom. The molecule has 0 bridgehead atoms. The van der Waals surface area contributed by atoms with E-state index >= 15 is 0 Å². The molecular weight excluding hydrogens is 366 g/mol. The molecule has 0 unspecified atom stereocenters. The average Bonchev–Trinajstić information content (AvgIpc) is 3.18. The molecule has 3 heterocycles. The number of hydrogen-bond donors (Lipinski definition) is 1. The summed E-state index contributed by atoms with van der Waals surface area (Å²) in [6.07, 6.45) is 1.40. The number of carbonyl (C=O) groups is 1. The highest BCUT2D eigenvalue weighted by atomic mass is 16.5. The molecule has 146 valence electrons. The van der Waals surface area contributed by atoms with Crippen molar-refractivity contribution in [3.63, 3.8) is 0 Å². The van der Waals surface area contributed by atoms with Crippen LogP contribution in [-0.2, 0) is 4.74 Å². The number of anilines is 2. The lowest BCUT2D eigenvalue weighted by Gasteiger charge is -2.27. The topological polar surface area (TPSA) is 112 Å². The van der Waals surface area contributed by atoms with Crippen molar-refractivity contribution < 1.29 is 23.5 Å². The van der Waals surface area contributed by atoms with Crippen LogP contribution in [-0.4, -0.2) is 61.6 Å². The van der Waals surface area contributed by atoms with Crippen molar-refractivity contribution in [2.45, 2.75) is 0 Å². The van der Waals surface area contributed by atoms with Crippen LogP contribution in [0.25, 0.3) is 11.1 Å². The number of hydrogen-bond acceptors (Lipinski definition) is 9. The first-order valence-corrected chi connectivity index (χ1v) is 8.67. The highest BCUT2D eigenvalue weighted by Gasteiger charge is 2.25. The number of benzene rings is 1. The van der Waals surface area contributed by atoms with Crippen molar-refractivity contribution in [3.05, 3.63) is 30.2 Å². The maximum Gasteiger partial charge on any atom is 0.278 e. The third kappa shape index (κ3) is 3.41. The zero-order valence-corrected chi connectivity index (χ0v) is 15.5. The van der Waals surface area contributed by atoms with Gasteiger partial charge in [-0.05, 0) is 0 Å². The Labute approximate surface area is 160 Å². The quantitative estimate of drug-likeness (QED) is 0.701. The Morgan fingerprint density at radius 2 is 1.82 bits per heavy atom. The second-order valence-electron chi connectivity index (χ2n) is 6.06. The van der Waals surface area contributed by atoms with Crippen molar-refractivity contribution >= 4 is 28.5 Å². The van der Waals surface area contributed by atoms with Crippen molar-refractivity contribution in [1.29, 1.82) is 0 Å². The molecule has 3 aromatic rings. The van der Waals surface area contributed by atoms with Gasteiger partial charge in [-0.3, -0.25) is 4.79 Å². The lowest BCUT2D eigenvalue weighted by molar-refractivity contribution is 0.102. The summed E-state index contributed by atoms with van der Waals surface area (Å²) < 4.78 is 21.1. The van der Waals surface area contributed by atoms with Crippen LogP contribution in [0.4, 0.5) is 11.5 Å². The van der Waals surface area contributed by atoms with Gasteiger partial charge in [0.15, 0.2) is 5.69 Å². The maximum absolute atomic E-state index is 12.9. The van der Waals surface area contributed by atoms with Gasteiger partial charge in [-0.25, -0.2) is 4.98 Å². The number of amides is 1. The minimum atomic E-state index is -0.446. The Morgan fingerprint density at radius 1 is 1.11 bits per heavy atom. The smallest absolute Gasteiger partial charge is 0.278 e. The number of fused-ring (bicyclic) bond motifs is 1. The molecule has 0 spiro atoms. The number of rotatable bonds is 5. The van der Waals surface area contributed by atoms with Gasteiger partial charge < -0.3 is 29.0 Å². The van der Waals surface area contributed by atoms with Gasteiger partial charge in [0.25, 0.3) is 11.6 Å². The van der Waals surface area contributed by atoms with E-state index in [1.807, 2.05) is 4.90 Å². The summed E-state index contributed by atoms with van der Waals surface area (Å²) in [5, 5.41) is 7.19. The number of morpholine rings is 1. The van der Waals surface area contributed by atoms with Crippen molar-refractivity contribution in [1.82, 2.24) is 15.1 Å². The first-order chi connectivity index (χ1) is 13.7. The van der Waals surface area contributed by atoms with Crippen LogP contribution in [0.15, 0.2) is 29.0 Å². The standard InChI is InChI=1S/C18H19N5O5/c1-25-12-7-11(8-13(9-12)26-2)21-17(24)15-14-16(23-3-5-27-6-4-23)19-10-20-18(14)28-22-15/h7-10H,3-6H2,1-2H3,(H,21,24). The van der Waals surface area contributed by atoms with E-state index < -0.39 is 5.91 Å². The van der Waals surface area contributed by atoms with Gasteiger partial charge in [0, 0.05) is 37.0 Å². The van der Waals surface area contributed by atoms with Crippen LogP contribution in [0.1, 0.15) is 10.5 Å². The minimum absolute atomic E-state index is 0.110. The fraction of sp³-hybridized carbons (Fsp3) is 0.333. The Hall–Kier alpha value is -3.40. The molecule has 0 saturated carbocycles. The first kappa shape index (κ1) is 18.0. The van der Waals surface area contributed by atoms with E-state index in [2.05, 4.69) is 20.4 Å². The van der Waals surface area contributed by atoms with E-state index in [0.29, 0.717) is 54.7 Å². The summed E-state index contributed by atoms with van der Waals surface area (Å²) in [5.74, 6) is 1.26. The molecule has 0 atom stereocenters. The fourth-order valence-corrected chi connectivity index (χ4v) is 3.01. The molecule has 1 fully saturated rings. The number of ether oxygens (including phenoxy) is 3. The molecule has 1 N–H and O–H groups in total. The summed E-state index contributed by atoms with van der Waals surface area (Å²) in [4.78, 5) is 23.4. The molecule has 1 amide bonds. The summed E-state index contributed by atoms with van der Waals surface area (Å²) in [5.41, 5.74) is 0.867. The molecule has 4 rings (SSSR count). The van der Waals surface area contributed by atoms with Crippen LogP contribution in [0, 0.1) is 0 Å². The maximum atomic E-state index is 12.9. The zero-order chi connectivity index (χ0) is 19.5. The predicted molar refractivity (Wildman–Crippen MR) is 100 cm³/mol. The Balaban J connectivity index is 1.68. The molecule has 28 heavy (non-hydrogen) atoms. The molecule has 10 nitrogen and oxygen atoms in total. The zero-order valence-electron chi connectivity index (χ0n) is 15.5. The van der Waals surface area contributed by atoms with E-state index in [1.54, 1.807) is 18.2 Å². The van der Waals surface area contributed by atoms with E-state index in [4.69, 9.17) is 18.7 Å². The second kappa shape index (κ2) is 7.69. The molecule has 0 radical (unpaired) electrons. The lowest BCUT2D eigenvalue weighted by Crippen LogP contribution is -2.37. The largest absolute Gasteiger partial charge is 0.497 e. The van der Waals surface area contributed by atoms with Gasteiger partial charge in [-0.1, -0.05) is 5.16 Å². The third-order valence-electron chi connectivity index (χ3n) is 4.39. The summed E-state index contributed by atoms with van der Waals surface area (Å²) in [7, 11) is 3.08. The van der Waals surface area contributed by atoms with Crippen LogP contribution >= 0.6 is 0 Å². The molecule has 1 saturated heterocycles. The molecule has 2 aromatic heterocycles. The van der Waals surface area contributed by atoms with E-state index in [0.717, 1.165) is 0 Å². The number of nitrogens with one attached hydrogen (secondary N) is 1. The second-order valence-corrected chi connectivity index (χ2v) is 6.06. The first-order valence-electron chi connectivity index (χ1n) is 8.67. The Kier molecular flexibility index (Phi) is 4.94. The van der Waals surface area contributed by atoms with E-state index in [9.17, 15) is 4.79 Å². The van der Waals surface area contributed by atoms with Gasteiger partial charge in [-0.15, -0.1) is 0 Å². The fourth-order valence-electron chi connectivity index (χ4n) is 3.01. The Bertz CT molecular complexity index is 977. The SMILES string of the molecule is COc1cc(NC(=O)c2noc3ncnc(N4CCOCC4)c23)cc(OC)c1. The summed E-state index contributed by atoms with van der Waals surface area (Å²) in [6.45, 7) is 2.49.